The summed E-state index contributed by atoms with van der Waals surface area (Å²) in [7, 11) is 0. The summed E-state index contributed by atoms with van der Waals surface area (Å²) in [4.78, 5) is 4.77. The molecule has 0 spiro atoms. The van der Waals surface area contributed by atoms with Crippen LogP contribution in [0.2, 0.25) is 0 Å². The van der Waals surface area contributed by atoms with Crippen LogP contribution < -0.4 is 5.73 Å². The highest BCUT2D eigenvalue weighted by atomic mass is 16.5. The lowest BCUT2D eigenvalue weighted by atomic mass is 9.80. The first-order valence-electron chi connectivity index (χ1n) is 9.15. The first kappa shape index (κ1) is 19.3. The molecule has 2 heterocycles. The van der Waals surface area contributed by atoms with E-state index in [9.17, 15) is 5.26 Å². The third-order valence-electron chi connectivity index (χ3n) is 4.51. The van der Waals surface area contributed by atoms with Crippen LogP contribution in [-0.2, 0) is 4.74 Å². The minimum Gasteiger partial charge on any atom is -0.445 e. The van der Waals surface area contributed by atoms with Gasteiger partial charge in [0.2, 0.25) is 5.88 Å². The Bertz CT molecular complexity index is 977. The Labute approximate surface area is 164 Å². The molecule has 0 aliphatic carbocycles. The van der Waals surface area contributed by atoms with E-state index < -0.39 is 0 Å². The van der Waals surface area contributed by atoms with Crippen LogP contribution in [0.25, 0.3) is 5.69 Å². The predicted octanol–water partition coefficient (Wildman–Crippen LogP) is 3.00. The van der Waals surface area contributed by atoms with E-state index in [1.165, 1.54) is 6.33 Å². The Balaban J connectivity index is 2.12. The van der Waals surface area contributed by atoms with E-state index in [4.69, 9.17) is 15.5 Å². The van der Waals surface area contributed by atoms with Crippen LogP contribution >= 0.6 is 0 Å². The van der Waals surface area contributed by atoms with Crippen LogP contribution in [-0.4, -0.2) is 32.0 Å². The largest absolute Gasteiger partial charge is 0.445 e. The second-order valence-electron chi connectivity index (χ2n) is 6.76. The van der Waals surface area contributed by atoms with Crippen molar-refractivity contribution in [3.63, 3.8) is 0 Å². The maximum absolute atomic E-state index is 9.78. The highest BCUT2D eigenvalue weighted by Gasteiger charge is 2.33. The molecule has 0 saturated heterocycles. The number of ether oxygens (including phenoxy) is 1. The van der Waals surface area contributed by atoms with Gasteiger partial charge in [-0.3, -0.25) is 4.99 Å². The molecular formula is C20H23N7O. The Morgan fingerprint density at radius 1 is 1.36 bits per heavy atom. The number of nitriles is 1. The Morgan fingerprint density at radius 3 is 2.61 bits per heavy atom. The highest BCUT2D eigenvalue weighted by Crippen LogP contribution is 2.40. The number of rotatable bonds is 5. The van der Waals surface area contributed by atoms with E-state index >= 15 is 0 Å². The van der Waals surface area contributed by atoms with Crippen molar-refractivity contribution in [3.8, 4) is 11.8 Å². The van der Waals surface area contributed by atoms with Crippen LogP contribution in [0.1, 0.15) is 45.6 Å². The molecule has 0 fully saturated rings. The summed E-state index contributed by atoms with van der Waals surface area (Å²) in [6.07, 6.45) is 2.26. The number of hydrogen-bond acceptors (Lipinski definition) is 7. The van der Waals surface area contributed by atoms with E-state index in [-0.39, 0.29) is 17.8 Å². The fraction of sp³-hybridized carbons (Fsp3) is 0.350. The Kier molecular flexibility index (Phi) is 5.54. The van der Waals surface area contributed by atoms with Crippen molar-refractivity contribution in [3.05, 3.63) is 58.9 Å². The lowest BCUT2D eigenvalue weighted by Crippen LogP contribution is -2.24. The van der Waals surface area contributed by atoms with Crippen molar-refractivity contribution in [1.82, 2.24) is 20.2 Å². The molecule has 2 N–H and O–H groups in total. The van der Waals surface area contributed by atoms with Gasteiger partial charge in [-0.25, -0.2) is 4.68 Å². The summed E-state index contributed by atoms with van der Waals surface area (Å²) in [5.74, 6) is 0.477. The third kappa shape index (κ3) is 3.64. The highest BCUT2D eigenvalue weighted by molar-refractivity contribution is 6.02. The minimum absolute atomic E-state index is 0.131. The monoisotopic (exact) mass is 377 g/mol. The summed E-state index contributed by atoms with van der Waals surface area (Å²) in [6.45, 7) is 7.97. The van der Waals surface area contributed by atoms with Crippen LogP contribution in [0.5, 0.6) is 0 Å². The van der Waals surface area contributed by atoms with Gasteiger partial charge in [-0.15, -0.1) is 5.10 Å². The van der Waals surface area contributed by atoms with E-state index in [2.05, 4.69) is 21.6 Å². The molecule has 0 amide bonds. The van der Waals surface area contributed by atoms with Gasteiger partial charge in [0, 0.05) is 17.3 Å². The molecule has 144 valence electrons. The van der Waals surface area contributed by atoms with Gasteiger partial charge in [-0.1, -0.05) is 19.1 Å². The van der Waals surface area contributed by atoms with Crippen molar-refractivity contribution in [2.45, 2.75) is 46.1 Å². The molecule has 1 aromatic carbocycles. The zero-order valence-electron chi connectivity index (χ0n) is 16.4. The van der Waals surface area contributed by atoms with Gasteiger partial charge in [-0.05, 0) is 55.3 Å². The van der Waals surface area contributed by atoms with Crippen LogP contribution in [0, 0.1) is 11.3 Å². The molecule has 28 heavy (non-hydrogen) atoms. The standard InChI is InChI=1S/C20H23N7O/c1-5-17(24-12(2)3)18-13(4)28-20(22)16(10-21)19(18)14-6-8-15(9-7-14)27-11-23-25-26-27/h6-9,11-12,19H,5,22H2,1-4H3. The third-order valence-corrected chi connectivity index (χ3v) is 4.51. The van der Waals surface area contributed by atoms with Crippen LogP contribution in [0.15, 0.2) is 58.4 Å². The Hall–Kier alpha value is -3.47. The summed E-state index contributed by atoms with van der Waals surface area (Å²) in [5.41, 5.74) is 10.0. The van der Waals surface area contributed by atoms with Crippen molar-refractivity contribution >= 4 is 5.71 Å². The molecule has 0 radical (unpaired) electrons. The maximum atomic E-state index is 9.78. The molecule has 1 atom stereocenters. The molecule has 1 aliphatic heterocycles. The average molecular weight is 377 g/mol. The molecule has 0 bridgehead atoms. The van der Waals surface area contributed by atoms with Crippen molar-refractivity contribution < 1.29 is 4.74 Å². The smallest absolute Gasteiger partial charge is 0.205 e. The van der Waals surface area contributed by atoms with Gasteiger partial charge in [0.25, 0.3) is 0 Å². The van der Waals surface area contributed by atoms with Crippen molar-refractivity contribution in [2.75, 3.05) is 0 Å². The van der Waals surface area contributed by atoms with E-state index in [0.717, 1.165) is 29.0 Å². The zero-order chi connectivity index (χ0) is 20.3. The zero-order valence-corrected chi connectivity index (χ0v) is 16.4. The number of nitrogens with two attached hydrogens (primary N) is 1. The molecule has 3 rings (SSSR count). The van der Waals surface area contributed by atoms with Crippen LogP contribution in [0.4, 0.5) is 0 Å². The number of allylic oxidation sites excluding steroid dienone is 3. The lowest BCUT2D eigenvalue weighted by molar-refractivity contribution is 0.283. The lowest BCUT2D eigenvalue weighted by Gasteiger charge is -2.29. The van der Waals surface area contributed by atoms with Crippen molar-refractivity contribution in [2.24, 2.45) is 10.7 Å². The second-order valence-corrected chi connectivity index (χ2v) is 6.76. The van der Waals surface area contributed by atoms with Gasteiger partial charge in [0.1, 0.15) is 23.7 Å². The SMILES string of the molecule is CCC(=NC(C)C)C1=C(C)OC(N)=C(C#N)C1c1ccc(-n2cnnn2)cc1. The number of aromatic nitrogens is 4. The molecule has 1 unspecified atom stereocenters. The van der Waals surface area contributed by atoms with Crippen LogP contribution in [0.3, 0.4) is 0 Å². The summed E-state index contributed by atoms with van der Waals surface area (Å²) >= 11 is 0. The number of aliphatic imine (C=N–C) groups is 1. The number of tetrazole rings is 1. The first-order chi connectivity index (χ1) is 13.5. The Morgan fingerprint density at radius 2 is 2.07 bits per heavy atom. The normalized spacial score (nSPS) is 17.7. The molecule has 2 aromatic rings. The van der Waals surface area contributed by atoms with Gasteiger partial charge < -0.3 is 10.5 Å². The quantitative estimate of drug-likeness (QED) is 0.801. The maximum Gasteiger partial charge on any atom is 0.205 e. The molecule has 0 saturated carbocycles. The van der Waals surface area contributed by atoms with Gasteiger partial charge in [0.15, 0.2) is 0 Å². The minimum atomic E-state index is -0.334. The second kappa shape index (κ2) is 8.05. The summed E-state index contributed by atoms with van der Waals surface area (Å²) in [6, 6.07) is 10.1. The molecule has 1 aromatic heterocycles. The van der Waals surface area contributed by atoms with Gasteiger partial charge >= 0.3 is 0 Å². The van der Waals surface area contributed by atoms with Gasteiger partial charge in [-0.2, -0.15) is 5.26 Å². The van der Waals surface area contributed by atoms with Crippen molar-refractivity contribution in [1.29, 1.82) is 5.26 Å². The predicted molar refractivity (Wildman–Crippen MR) is 105 cm³/mol. The first-order valence-corrected chi connectivity index (χ1v) is 9.15. The molecule has 1 aliphatic rings. The van der Waals surface area contributed by atoms with E-state index in [1.54, 1.807) is 4.68 Å². The average Bonchev–Trinajstić information content (AvgIpc) is 3.21. The van der Waals surface area contributed by atoms with Gasteiger partial charge in [0.05, 0.1) is 11.6 Å². The summed E-state index contributed by atoms with van der Waals surface area (Å²) in [5, 5.41) is 21.0. The molecule has 8 heteroatoms. The number of hydrogen-bond donors (Lipinski definition) is 1. The summed E-state index contributed by atoms with van der Waals surface area (Å²) < 4.78 is 7.28. The van der Waals surface area contributed by atoms with E-state index in [1.807, 2.05) is 52.0 Å². The molecular weight excluding hydrogens is 354 g/mol. The fourth-order valence-corrected chi connectivity index (χ4v) is 3.35. The fourth-order valence-electron chi connectivity index (χ4n) is 3.35. The topological polar surface area (TPSA) is 115 Å². The molecule has 8 nitrogen and oxygen atoms in total. The number of nitrogens with zero attached hydrogens (tertiary/aromatic N) is 6. The number of benzene rings is 1. The van der Waals surface area contributed by atoms with E-state index in [0.29, 0.717) is 11.3 Å².